The van der Waals surface area contributed by atoms with Crippen molar-refractivity contribution in [1.29, 1.82) is 0 Å². The van der Waals surface area contributed by atoms with E-state index in [9.17, 15) is 18.3 Å². The summed E-state index contributed by atoms with van der Waals surface area (Å²) in [6, 6.07) is 8.45. The van der Waals surface area contributed by atoms with E-state index in [-0.39, 0.29) is 0 Å². The Morgan fingerprint density at radius 3 is 2.30 bits per heavy atom. The topological polar surface area (TPSA) is 92.7 Å². The van der Waals surface area contributed by atoms with Gasteiger partial charge in [0.2, 0.25) is 0 Å². The fourth-order valence-electron chi connectivity index (χ4n) is 2.04. The molecule has 0 unspecified atom stereocenters. The lowest BCUT2D eigenvalue weighted by Gasteiger charge is -2.26. The molecule has 0 aliphatic heterocycles. The van der Waals surface area contributed by atoms with Crippen LogP contribution in [0.5, 0.6) is 0 Å². The number of rotatable bonds is 6. The van der Waals surface area contributed by atoms with Crippen molar-refractivity contribution in [1.82, 2.24) is 5.32 Å². The third kappa shape index (κ3) is 8.56. The van der Waals surface area contributed by atoms with Gasteiger partial charge in [-0.15, -0.1) is 0 Å². The predicted octanol–water partition coefficient (Wildman–Crippen LogP) is 1.53. The van der Waals surface area contributed by atoms with Crippen LogP contribution >= 0.6 is 0 Å². The molecule has 0 saturated heterocycles. The highest BCUT2D eigenvalue weighted by atomic mass is 32.2. The number of hydrogen-bond donors (Lipinski definition) is 2. The van der Waals surface area contributed by atoms with Crippen LogP contribution in [0.4, 0.5) is 4.79 Å². The Labute approximate surface area is 137 Å². The lowest BCUT2D eigenvalue weighted by Crippen LogP contribution is -2.48. The average molecular weight is 343 g/mol. The summed E-state index contributed by atoms with van der Waals surface area (Å²) >= 11 is 0. The van der Waals surface area contributed by atoms with E-state index >= 15 is 0 Å². The maximum absolute atomic E-state index is 11.9. The molecule has 130 valence electrons. The average Bonchev–Trinajstić information content (AvgIpc) is 2.34. The number of aliphatic hydroxyl groups is 1. The third-order valence-electron chi connectivity index (χ3n) is 2.94. The number of hydrogen-bond acceptors (Lipinski definition) is 5. The first-order chi connectivity index (χ1) is 10.5. The van der Waals surface area contributed by atoms with Gasteiger partial charge in [0.25, 0.3) is 0 Å². The summed E-state index contributed by atoms with van der Waals surface area (Å²) in [5.41, 5.74) is 0.199. The van der Waals surface area contributed by atoms with Crippen LogP contribution < -0.4 is 5.32 Å². The second-order valence-corrected chi connectivity index (χ2v) is 8.79. The van der Waals surface area contributed by atoms with Gasteiger partial charge in [-0.05, 0) is 32.8 Å². The number of alkyl carbamates (subject to hydrolysis) is 1. The van der Waals surface area contributed by atoms with Gasteiger partial charge >= 0.3 is 6.09 Å². The van der Waals surface area contributed by atoms with Crippen molar-refractivity contribution < 1.29 is 23.1 Å². The van der Waals surface area contributed by atoms with E-state index in [0.29, 0.717) is 6.42 Å². The molecule has 1 aromatic rings. The smallest absolute Gasteiger partial charge is 0.407 e. The van der Waals surface area contributed by atoms with Crippen molar-refractivity contribution in [2.45, 2.75) is 44.9 Å². The number of amides is 1. The summed E-state index contributed by atoms with van der Waals surface area (Å²) in [5.74, 6) is -0.430. The van der Waals surface area contributed by atoms with Gasteiger partial charge in [0.05, 0.1) is 17.9 Å². The van der Waals surface area contributed by atoms with Crippen LogP contribution in [0.1, 0.15) is 26.3 Å². The molecule has 0 saturated carbocycles. The second kappa shape index (κ2) is 7.79. The minimum Gasteiger partial charge on any atom is -0.444 e. The summed E-state index contributed by atoms with van der Waals surface area (Å²) in [6.45, 7) is 5.18. The minimum absolute atomic E-state index is 0.302. The zero-order chi connectivity index (χ0) is 17.7. The molecule has 2 N–H and O–H groups in total. The number of aliphatic hydroxyl groups excluding tert-OH is 1. The first-order valence-electron chi connectivity index (χ1n) is 7.35. The van der Waals surface area contributed by atoms with E-state index in [1.165, 1.54) is 0 Å². The first kappa shape index (κ1) is 19.4. The van der Waals surface area contributed by atoms with E-state index in [2.05, 4.69) is 5.32 Å². The van der Waals surface area contributed by atoms with Gasteiger partial charge in [-0.1, -0.05) is 30.3 Å². The van der Waals surface area contributed by atoms with E-state index in [4.69, 9.17) is 4.74 Å². The molecule has 7 heteroatoms. The van der Waals surface area contributed by atoms with Gasteiger partial charge in [-0.2, -0.15) is 0 Å². The summed E-state index contributed by atoms with van der Waals surface area (Å²) in [4.78, 5) is 11.9. The van der Waals surface area contributed by atoms with Gasteiger partial charge in [-0.3, -0.25) is 0 Å². The third-order valence-corrected chi connectivity index (χ3v) is 3.89. The molecular weight excluding hydrogens is 318 g/mol. The summed E-state index contributed by atoms with van der Waals surface area (Å²) in [5, 5.41) is 12.8. The number of carbonyl (C=O) groups excluding carboxylic acids is 1. The minimum atomic E-state index is -3.37. The van der Waals surface area contributed by atoms with Crippen molar-refractivity contribution in [2.75, 3.05) is 12.0 Å². The lowest BCUT2D eigenvalue weighted by molar-refractivity contribution is 0.0439. The fraction of sp³-hybridized carbons (Fsp3) is 0.562. The Morgan fingerprint density at radius 2 is 1.83 bits per heavy atom. The zero-order valence-electron chi connectivity index (χ0n) is 13.9. The number of carbonyl (C=O) groups is 1. The molecule has 23 heavy (non-hydrogen) atoms. The molecule has 2 atom stereocenters. The second-order valence-electron chi connectivity index (χ2n) is 6.60. The molecule has 0 fully saturated rings. The van der Waals surface area contributed by atoms with Crippen LogP contribution in [0, 0.1) is 0 Å². The molecule has 6 nitrogen and oxygen atoms in total. The van der Waals surface area contributed by atoms with Gasteiger partial charge in [0, 0.05) is 6.26 Å². The normalized spacial score (nSPS) is 14.8. The predicted molar refractivity (Wildman–Crippen MR) is 89.0 cm³/mol. The van der Waals surface area contributed by atoms with Gasteiger partial charge < -0.3 is 15.2 Å². The van der Waals surface area contributed by atoms with E-state index in [1.54, 1.807) is 20.8 Å². The maximum Gasteiger partial charge on any atom is 0.407 e. The highest BCUT2D eigenvalue weighted by Gasteiger charge is 2.27. The van der Waals surface area contributed by atoms with E-state index < -0.39 is 39.4 Å². The Kier molecular flexibility index (Phi) is 6.58. The lowest BCUT2D eigenvalue weighted by atomic mass is 10.0. The van der Waals surface area contributed by atoms with Crippen LogP contribution in [0.15, 0.2) is 30.3 Å². The first-order valence-corrected chi connectivity index (χ1v) is 9.41. The van der Waals surface area contributed by atoms with Crippen LogP contribution in [0.2, 0.25) is 0 Å². The molecule has 0 heterocycles. The molecular formula is C16H25NO5S. The quantitative estimate of drug-likeness (QED) is 0.817. The maximum atomic E-state index is 11.9. The van der Waals surface area contributed by atoms with Crippen molar-refractivity contribution in [2.24, 2.45) is 0 Å². The zero-order valence-corrected chi connectivity index (χ0v) is 14.8. The number of sulfone groups is 1. The molecule has 0 aliphatic rings. The van der Waals surface area contributed by atoms with E-state index in [0.717, 1.165) is 11.8 Å². The standard InChI is InChI=1S/C16H25NO5S/c1-16(2,3)22-15(19)17-13(14(18)11-23(4,20)21)10-12-8-6-5-7-9-12/h5-9,13-14,18H,10-11H2,1-4H3,(H,17,19)/t13-,14+/m0/s1. The fourth-order valence-corrected chi connectivity index (χ4v) is 2.89. The highest BCUT2D eigenvalue weighted by Crippen LogP contribution is 2.11. The summed E-state index contributed by atoms with van der Waals surface area (Å²) in [7, 11) is -3.37. The van der Waals surface area contributed by atoms with E-state index in [1.807, 2.05) is 30.3 Å². The van der Waals surface area contributed by atoms with Crippen molar-refractivity contribution in [3.8, 4) is 0 Å². The van der Waals surface area contributed by atoms with Crippen LogP contribution in [-0.2, 0) is 21.0 Å². The summed E-state index contributed by atoms with van der Waals surface area (Å²) < 4.78 is 28.0. The van der Waals surface area contributed by atoms with Crippen LogP contribution in [0.3, 0.4) is 0 Å². The largest absolute Gasteiger partial charge is 0.444 e. The molecule has 0 aromatic heterocycles. The molecule has 0 radical (unpaired) electrons. The molecule has 1 aromatic carbocycles. The highest BCUT2D eigenvalue weighted by molar-refractivity contribution is 7.90. The monoisotopic (exact) mass is 343 g/mol. The molecule has 1 rings (SSSR count). The van der Waals surface area contributed by atoms with Gasteiger partial charge in [-0.25, -0.2) is 13.2 Å². The Hall–Kier alpha value is -1.60. The number of nitrogens with one attached hydrogen (secondary N) is 1. The van der Waals surface area contributed by atoms with Crippen LogP contribution in [0.25, 0.3) is 0 Å². The number of ether oxygens (including phenoxy) is 1. The SMILES string of the molecule is CC(C)(C)OC(=O)N[C@@H](Cc1ccccc1)[C@H](O)CS(C)(=O)=O. The van der Waals surface area contributed by atoms with Crippen LogP contribution in [-0.4, -0.2) is 49.4 Å². The molecule has 0 spiro atoms. The van der Waals surface area contributed by atoms with Gasteiger partial charge in [0.1, 0.15) is 15.4 Å². The molecule has 1 amide bonds. The molecule has 0 aliphatic carbocycles. The van der Waals surface area contributed by atoms with Crippen molar-refractivity contribution in [3.63, 3.8) is 0 Å². The van der Waals surface area contributed by atoms with Crippen molar-refractivity contribution in [3.05, 3.63) is 35.9 Å². The van der Waals surface area contributed by atoms with Gasteiger partial charge in [0.15, 0.2) is 0 Å². The molecule has 0 bridgehead atoms. The number of benzene rings is 1. The Bertz CT molecular complexity index is 607. The Balaban J connectivity index is 2.85. The summed E-state index contributed by atoms with van der Waals surface area (Å²) in [6.07, 6.45) is -0.566. The Morgan fingerprint density at radius 1 is 1.26 bits per heavy atom. The van der Waals surface area contributed by atoms with Crippen molar-refractivity contribution >= 4 is 15.9 Å².